The monoisotopic (exact) mass is 342 g/mol. The Morgan fingerprint density at radius 3 is 2.36 bits per heavy atom. The molecule has 0 bridgehead atoms. The van der Waals surface area contributed by atoms with Crippen molar-refractivity contribution in [2.75, 3.05) is 6.54 Å². The van der Waals surface area contributed by atoms with Crippen LogP contribution in [0.3, 0.4) is 0 Å². The van der Waals surface area contributed by atoms with Gasteiger partial charge in [0.25, 0.3) is 0 Å². The van der Waals surface area contributed by atoms with E-state index in [1.54, 1.807) is 0 Å². The maximum absolute atomic E-state index is 5.91. The first-order chi connectivity index (χ1) is 6.15. The highest BCUT2D eigenvalue weighted by Gasteiger charge is 2.06. The van der Waals surface area contributed by atoms with Crippen molar-refractivity contribution in [3.05, 3.63) is 32.7 Å². The normalized spacial score (nSPS) is 12.0. The molecular weight excluding hydrogens is 331 g/mol. The van der Waals surface area contributed by atoms with Gasteiger partial charge in [0.1, 0.15) is 0 Å². The van der Waals surface area contributed by atoms with E-state index in [2.05, 4.69) is 31.9 Å². The van der Waals surface area contributed by atoms with Crippen LogP contribution < -0.4 is 11.5 Å². The summed E-state index contributed by atoms with van der Waals surface area (Å²) >= 11 is 6.84. The number of benzene rings is 1. The summed E-state index contributed by atoms with van der Waals surface area (Å²) in [6.45, 7) is 0.620. The van der Waals surface area contributed by atoms with E-state index in [0.717, 1.165) is 20.9 Å². The first kappa shape index (κ1) is 14.4. The Morgan fingerprint density at radius 1 is 1.21 bits per heavy atom. The Balaban J connectivity index is 0.00000169. The molecule has 0 radical (unpaired) electrons. The zero-order chi connectivity index (χ0) is 9.84. The third-order valence-electron chi connectivity index (χ3n) is 1.85. The first-order valence-electron chi connectivity index (χ1n) is 4.05. The van der Waals surface area contributed by atoms with Crippen molar-refractivity contribution < 1.29 is 0 Å². The van der Waals surface area contributed by atoms with E-state index >= 15 is 0 Å². The molecule has 0 aliphatic rings. The third kappa shape index (κ3) is 3.87. The second kappa shape index (κ2) is 6.80. The van der Waals surface area contributed by atoms with Gasteiger partial charge in [-0.15, -0.1) is 12.4 Å². The zero-order valence-electron chi connectivity index (χ0n) is 7.54. The number of nitrogens with two attached hydrogens (primary N) is 2. The molecule has 1 aromatic carbocycles. The predicted molar refractivity (Wildman–Crippen MR) is 69.7 cm³/mol. The summed E-state index contributed by atoms with van der Waals surface area (Å²) < 4.78 is 2.06. The van der Waals surface area contributed by atoms with E-state index in [9.17, 15) is 0 Å². The van der Waals surface area contributed by atoms with Crippen molar-refractivity contribution >= 4 is 44.3 Å². The molecule has 14 heavy (non-hydrogen) atoms. The van der Waals surface area contributed by atoms with E-state index in [1.165, 1.54) is 0 Å². The molecule has 1 aromatic rings. The highest BCUT2D eigenvalue weighted by atomic mass is 79.9. The van der Waals surface area contributed by atoms with Crippen LogP contribution in [0.1, 0.15) is 18.0 Å². The number of halogens is 3. The second-order valence-electron chi connectivity index (χ2n) is 2.86. The maximum Gasteiger partial charge on any atom is 0.0320 e. The molecule has 5 heteroatoms. The van der Waals surface area contributed by atoms with E-state index in [4.69, 9.17) is 11.5 Å². The molecular formula is C9H13Br2ClN2. The average Bonchev–Trinajstić information content (AvgIpc) is 2.10. The molecule has 0 aromatic heterocycles. The quantitative estimate of drug-likeness (QED) is 0.886. The Kier molecular flexibility index (Phi) is 6.99. The maximum atomic E-state index is 5.91. The number of rotatable bonds is 3. The summed E-state index contributed by atoms with van der Waals surface area (Å²) in [4.78, 5) is 0. The molecule has 80 valence electrons. The van der Waals surface area contributed by atoms with E-state index in [0.29, 0.717) is 6.54 Å². The molecule has 0 spiro atoms. The largest absolute Gasteiger partial charge is 0.330 e. The Labute approximate surface area is 107 Å². The smallest absolute Gasteiger partial charge is 0.0320 e. The van der Waals surface area contributed by atoms with Gasteiger partial charge >= 0.3 is 0 Å². The first-order valence-corrected chi connectivity index (χ1v) is 5.64. The summed E-state index contributed by atoms with van der Waals surface area (Å²) in [6.07, 6.45) is 0.814. The van der Waals surface area contributed by atoms with Gasteiger partial charge in [-0.1, -0.05) is 6.07 Å². The summed E-state index contributed by atoms with van der Waals surface area (Å²) in [5.41, 5.74) is 12.5. The van der Waals surface area contributed by atoms with Crippen LogP contribution in [0.4, 0.5) is 0 Å². The van der Waals surface area contributed by atoms with Crippen LogP contribution in [-0.4, -0.2) is 6.54 Å². The Morgan fingerprint density at radius 2 is 1.86 bits per heavy atom. The topological polar surface area (TPSA) is 52.0 Å². The Bertz CT molecular complexity index is 294. The van der Waals surface area contributed by atoms with Crippen molar-refractivity contribution in [1.82, 2.24) is 0 Å². The van der Waals surface area contributed by atoms with Gasteiger partial charge in [0.05, 0.1) is 0 Å². The van der Waals surface area contributed by atoms with Crippen LogP contribution in [0.2, 0.25) is 0 Å². The SMILES string of the molecule is Cl.NCC[C@@H](N)c1ccc(Br)c(Br)c1. The lowest BCUT2D eigenvalue weighted by Crippen LogP contribution is -2.15. The minimum absolute atomic E-state index is 0. The van der Waals surface area contributed by atoms with Gasteiger partial charge in [0.15, 0.2) is 0 Å². The molecule has 4 N–H and O–H groups in total. The van der Waals surface area contributed by atoms with Gasteiger partial charge in [0.2, 0.25) is 0 Å². The summed E-state index contributed by atoms with van der Waals surface area (Å²) in [6, 6.07) is 6.05. The molecule has 0 heterocycles. The fraction of sp³-hybridized carbons (Fsp3) is 0.333. The standard InChI is InChI=1S/C9H12Br2N2.ClH/c10-7-2-1-6(5-8(7)11)9(13)3-4-12;/h1-2,5,9H,3-4,12-13H2;1H/t9-;/m1./s1. The lowest BCUT2D eigenvalue weighted by Gasteiger charge is -2.11. The molecule has 2 nitrogen and oxygen atoms in total. The van der Waals surface area contributed by atoms with Crippen LogP contribution in [0.25, 0.3) is 0 Å². The van der Waals surface area contributed by atoms with Gasteiger partial charge in [-0.2, -0.15) is 0 Å². The highest BCUT2D eigenvalue weighted by molar-refractivity contribution is 9.13. The minimum Gasteiger partial charge on any atom is -0.330 e. The second-order valence-corrected chi connectivity index (χ2v) is 4.57. The van der Waals surface area contributed by atoms with Gasteiger partial charge < -0.3 is 11.5 Å². The van der Waals surface area contributed by atoms with Gasteiger partial charge in [-0.3, -0.25) is 0 Å². The summed E-state index contributed by atoms with van der Waals surface area (Å²) in [5, 5.41) is 0. The van der Waals surface area contributed by atoms with E-state index in [-0.39, 0.29) is 18.4 Å². The number of hydrogen-bond donors (Lipinski definition) is 2. The summed E-state index contributed by atoms with van der Waals surface area (Å²) in [7, 11) is 0. The van der Waals surface area contributed by atoms with Crippen molar-refractivity contribution in [2.24, 2.45) is 11.5 Å². The predicted octanol–water partition coefficient (Wildman–Crippen LogP) is 2.98. The highest BCUT2D eigenvalue weighted by Crippen LogP contribution is 2.26. The molecule has 1 rings (SSSR count). The average molecular weight is 344 g/mol. The minimum atomic E-state index is 0. The van der Waals surface area contributed by atoms with Crippen LogP contribution in [-0.2, 0) is 0 Å². The molecule has 0 aliphatic carbocycles. The molecule has 0 saturated carbocycles. The fourth-order valence-corrected chi connectivity index (χ4v) is 1.73. The van der Waals surface area contributed by atoms with Crippen molar-refractivity contribution in [3.63, 3.8) is 0 Å². The summed E-state index contributed by atoms with van der Waals surface area (Å²) in [5.74, 6) is 0. The van der Waals surface area contributed by atoms with Gasteiger partial charge in [-0.05, 0) is 62.5 Å². The molecule has 1 atom stereocenters. The molecule has 0 amide bonds. The third-order valence-corrected chi connectivity index (χ3v) is 3.73. The van der Waals surface area contributed by atoms with E-state index < -0.39 is 0 Å². The molecule has 0 fully saturated rings. The van der Waals surface area contributed by atoms with Gasteiger partial charge in [-0.25, -0.2) is 0 Å². The molecule has 0 saturated heterocycles. The van der Waals surface area contributed by atoms with Crippen LogP contribution >= 0.6 is 44.3 Å². The Hall–Kier alpha value is 0.390. The van der Waals surface area contributed by atoms with Crippen LogP contribution in [0.15, 0.2) is 27.1 Å². The van der Waals surface area contributed by atoms with Crippen LogP contribution in [0, 0.1) is 0 Å². The van der Waals surface area contributed by atoms with Crippen LogP contribution in [0.5, 0.6) is 0 Å². The van der Waals surface area contributed by atoms with Gasteiger partial charge in [0, 0.05) is 15.0 Å². The molecule has 0 aliphatic heterocycles. The van der Waals surface area contributed by atoms with Crippen molar-refractivity contribution in [2.45, 2.75) is 12.5 Å². The fourth-order valence-electron chi connectivity index (χ4n) is 1.09. The lowest BCUT2D eigenvalue weighted by atomic mass is 10.1. The lowest BCUT2D eigenvalue weighted by molar-refractivity contribution is 0.661. The zero-order valence-corrected chi connectivity index (χ0v) is 11.5. The van der Waals surface area contributed by atoms with Crippen molar-refractivity contribution in [3.8, 4) is 0 Å². The van der Waals surface area contributed by atoms with E-state index in [1.807, 2.05) is 18.2 Å². The van der Waals surface area contributed by atoms with Crippen molar-refractivity contribution in [1.29, 1.82) is 0 Å². The number of hydrogen-bond acceptors (Lipinski definition) is 2. The molecule has 0 unspecified atom stereocenters.